The van der Waals surface area contributed by atoms with Crippen LogP contribution in [0.4, 0.5) is 0 Å². The minimum Gasteiger partial charge on any atom is -0.478 e. The van der Waals surface area contributed by atoms with E-state index in [1.54, 1.807) is 12.1 Å². The number of aromatic carboxylic acids is 1. The highest BCUT2D eigenvalue weighted by Gasteiger charge is 2.13. The van der Waals surface area contributed by atoms with Gasteiger partial charge in [-0.05, 0) is 12.1 Å². The van der Waals surface area contributed by atoms with E-state index in [-0.39, 0.29) is 5.56 Å². The minimum atomic E-state index is -0.939. The van der Waals surface area contributed by atoms with Gasteiger partial charge in [-0.1, -0.05) is 36.4 Å². The number of aromatic nitrogens is 1. The number of nitrogens with zero attached hydrogens (tertiary/aromatic N) is 1. The Labute approximate surface area is 107 Å². The van der Waals surface area contributed by atoms with Crippen molar-refractivity contribution < 1.29 is 9.90 Å². The molecule has 0 spiro atoms. The summed E-state index contributed by atoms with van der Waals surface area (Å²) in [7, 11) is 0. The molecule has 1 heterocycles. The lowest BCUT2D eigenvalue weighted by Crippen LogP contribution is -1.96. The molecule has 3 aromatic rings. The molecule has 0 fully saturated rings. The standard InChI is InChI=1S/C14H9NO2S/c16-14(17)10-7-4-8-11-12(10)15-13(18-11)9-5-2-1-3-6-9/h1-8H,(H,16,17). The molecule has 3 nitrogen and oxygen atoms in total. The predicted octanol–water partition coefficient (Wildman–Crippen LogP) is 3.66. The Balaban J connectivity index is 2.23. The largest absolute Gasteiger partial charge is 0.478 e. The Morgan fingerprint density at radius 1 is 1.06 bits per heavy atom. The van der Waals surface area contributed by atoms with Gasteiger partial charge in [0.15, 0.2) is 0 Å². The van der Waals surface area contributed by atoms with Crippen LogP contribution in [0.5, 0.6) is 0 Å². The second-order valence-corrected chi connectivity index (χ2v) is 4.87. The highest BCUT2D eigenvalue weighted by atomic mass is 32.1. The Morgan fingerprint density at radius 2 is 1.83 bits per heavy atom. The van der Waals surface area contributed by atoms with Crippen LogP contribution in [0.3, 0.4) is 0 Å². The molecule has 1 N–H and O–H groups in total. The summed E-state index contributed by atoms with van der Waals surface area (Å²) in [4.78, 5) is 15.6. The predicted molar refractivity (Wildman–Crippen MR) is 72.0 cm³/mol. The van der Waals surface area contributed by atoms with E-state index in [1.165, 1.54) is 11.3 Å². The summed E-state index contributed by atoms with van der Waals surface area (Å²) >= 11 is 1.51. The fourth-order valence-electron chi connectivity index (χ4n) is 1.83. The third kappa shape index (κ3) is 1.76. The summed E-state index contributed by atoms with van der Waals surface area (Å²) in [6, 6.07) is 15.0. The van der Waals surface area contributed by atoms with Gasteiger partial charge in [-0.25, -0.2) is 9.78 Å². The Morgan fingerprint density at radius 3 is 2.56 bits per heavy atom. The first-order chi connectivity index (χ1) is 8.75. The van der Waals surface area contributed by atoms with Gasteiger partial charge in [-0.15, -0.1) is 11.3 Å². The molecule has 0 aliphatic heterocycles. The number of benzene rings is 2. The van der Waals surface area contributed by atoms with Crippen molar-refractivity contribution in [2.24, 2.45) is 0 Å². The molecule has 3 rings (SSSR count). The fraction of sp³-hybridized carbons (Fsp3) is 0. The Kier molecular flexibility index (Phi) is 2.57. The maximum absolute atomic E-state index is 11.1. The van der Waals surface area contributed by atoms with Crippen LogP contribution in [-0.2, 0) is 0 Å². The molecule has 0 atom stereocenters. The van der Waals surface area contributed by atoms with Crippen LogP contribution < -0.4 is 0 Å². The molecule has 0 aliphatic rings. The first kappa shape index (κ1) is 10.9. The van der Waals surface area contributed by atoms with Gasteiger partial charge >= 0.3 is 5.97 Å². The molecule has 0 bridgehead atoms. The molecule has 1 aromatic heterocycles. The molecule has 0 unspecified atom stereocenters. The number of carboxylic acids is 1. The second kappa shape index (κ2) is 4.23. The number of hydrogen-bond donors (Lipinski definition) is 1. The lowest BCUT2D eigenvalue weighted by Gasteiger charge is -1.94. The fourth-order valence-corrected chi connectivity index (χ4v) is 2.82. The first-order valence-corrected chi connectivity index (χ1v) is 6.25. The SMILES string of the molecule is O=C(O)c1cccc2sc(-c3ccccc3)nc12. The number of hydrogen-bond acceptors (Lipinski definition) is 3. The van der Waals surface area contributed by atoms with Crippen molar-refractivity contribution in [3.63, 3.8) is 0 Å². The average molecular weight is 255 g/mol. The van der Waals surface area contributed by atoms with Gasteiger partial charge in [0.2, 0.25) is 0 Å². The Bertz CT molecular complexity index is 719. The lowest BCUT2D eigenvalue weighted by atomic mass is 10.2. The normalized spacial score (nSPS) is 10.7. The summed E-state index contributed by atoms with van der Waals surface area (Å²) in [5.41, 5.74) is 1.83. The summed E-state index contributed by atoms with van der Waals surface area (Å²) in [6.07, 6.45) is 0. The molecular formula is C14H9NO2S. The van der Waals surface area contributed by atoms with Gasteiger partial charge < -0.3 is 5.11 Å². The zero-order chi connectivity index (χ0) is 12.5. The zero-order valence-electron chi connectivity index (χ0n) is 9.33. The smallest absolute Gasteiger partial charge is 0.337 e. The van der Waals surface area contributed by atoms with E-state index in [2.05, 4.69) is 4.98 Å². The monoisotopic (exact) mass is 255 g/mol. The molecule has 18 heavy (non-hydrogen) atoms. The quantitative estimate of drug-likeness (QED) is 0.760. The van der Waals surface area contributed by atoms with E-state index in [1.807, 2.05) is 36.4 Å². The molecule has 0 saturated heterocycles. The van der Waals surface area contributed by atoms with Crippen LogP contribution >= 0.6 is 11.3 Å². The molecule has 2 aromatic carbocycles. The van der Waals surface area contributed by atoms with E-state index < -0.39 is 5.97 Å². The van der Waals surface area contributed by atoms with Gasteiger partial charge in [-0.2, -0.15) is 0 Å². The molecule has 0 saturated carbocycles. The summed E-state index contributed by atoms with van der Waals surface area (Å²) in [6.45, 7) is 0. The number of thiazole rings is 1. The molecule has 0 aliphatic carbocycles. The van der Waals surface area contributed by atoms with Crippen molar-refractivity contribution in [2.75, 3.05) is 0 Å². The van der Waals surface area contributed by atoms with E-state index >= 15 is 0 Å². The van der Waals surface area contributed by atoms with Crippen molar-refractivity contribution in [1.29, 1.82) is 0 Å². The van der Waals surface area contributed by atoms with Crippen LogP contribution in [-0.4, -0.2) is 16.1 Å². The number of carboxylic acid groups (broad SMARTS) is 1. The lowest BCUT2D eigenvalue weighted by molar-refractivity contribution is 0.0699. The maximum atomic E-state index is 11.1. The van der Waals surface area contributed by atoms with Gasteiger partial charge in [0.25, 0.3) is 0 Å². The number of carbonyl (C=O) groups is 1. The van der Waals surface area contributed by atoms with Crippen molar-refractivity contribution in [1.82, 2.24) is 4.98 Å². The topological polar surface area (TPSA) is 50.2 Å². The van der Waals surface area contributed by atoms with Crippen molar-refractivity contribution >= 4 is 27.5 Å². The van der Waals surface area contributed by atoms with Gasteiger partial charge in [0, 0.05) is 5.56 Å². The molecule has 0 radical (unpaired) electrons. The number of para-hydroxylation sites is 1. The first-order valence-electron chi connectivity index (χ1n) is 5.44. The van der Waals surface area contributed by atoms with E-state index in [4.69, 9.17) is 5.11 Å². The van der Waals surface area contributed by atoms with E-state index in [9.17, 15) is 4.79 Å². The van der Waals surface area contributed by atoms with Crippen LogP contribution in [0, 0.1) is 0 Å². The number of rotatable bonds is 2. The molecule has 88 valence electrons. The van der Waals surface area contributed by atoms with E-state index in [0.29, 0.717) is 5.52 Å². The van der Waals surface area contributed by atoms with Crippen molar-refractivity contribution in [3.05, 3.63) is 54.1 Å². The van der Waals surface area contributed by atoms with Crippen LogP contribution in [0.25, 0.3) is 20.8 Å². The van der Waals surface area contributed by atoms with Crippen LogP contribution in [0.1, 0.15) is 10.4 Å². The molecular weight excluding hydrogens is 246 g/mol. The average Bonchev–Trinajstić information content (AvgIpc) is 2.83. The van der Waals surface area contributed by atoms with E-state index in [0.717, 1.165) is 15.3 Å². The van der Waals surface area contributed by atoms with Gasteiger partial charge in [0.05, 0.1) is 15.8 Å². The minimum absolute atomic E-state index is 0.255. The highest BCUT2D eigenvalue weighted by molar-refractivity contribution is 7.21. The summed E-state index contributed by atoms with van der Waals surface area (Å²) in [5, 5.41) is 9.97. The third-order valence-electron chi connectivity index (χ3n) is 2.67. The van der Waals surface area contributed by atoms with Crippen LogP contribution in [0.15, 0.2) is 48.5 Å². The third-order valence-corrected chi connectivity index (χ3v) is 3.74. The number of fused-ring (bicyclic) bond motifs is 1. The zero-order valence-corrected chi connectivity index (χ0v) is 10.1. The van der Waals surface area contributed by atoms with Crippen molar-refractivity contribution in [3.8, 4) is 10.6 Å². The summed E-state index contributed by atoms with van der Waals surface area (Å²) in [5.74, 6) is -0.939. The Hall–Kier alpha value is -2.20. The highest BCUT2D eigenvalue weighted by Crippen LogP contribution is 2.31. The van der Waals surface area contributed by atoms with Crippen LogP contribution in [0.2, 0.25) is 0 Å². The molecule has 4 heteroatoms. The van der Waals surface area contributed by atoms with Gasteiger partial charge in [-0.3, -0.25) is 0 Å². The summed E-state index contributed by atoms with van der Waals surface area (Å²) < 4.78 is 0.897. The van der Waals surface area contributed by atoms with Crippen molar-refractivity contribution in [2.45, 2.75) is 0 Å². The molecule has 0 amide bonds. The maximum Gasteiger partial charge on any atom is 0.337 e. The van der Waals surface area contributed by atoms with Gasteiger partial charge in [0.1, 0.15) is 5.01 Å². The second-order valence-electron chi connectivity index (χ2n) is 3.84.